The first-order chi connectivity index (χ1) is 8.68. The van der Waals surface area contributed by atoms with Gasteiger partial charge in [-0.25, -0.2) is 0 Å². The van der Waals surface area contributed by atoms with Crippen LogP contribution in [0.2, 0.25) is 0 Å². The van der Waals surface area contributed by atoms with Gasteiger partial charge < -0.3 is 5.32 Å². The summed E-state index contributed by atoms with van der Waals surface area (Å²) in [5, 5.41) is 3.66. The summed E-state index contributed by atoms with van der Waals surface area (Å²) in [6, 6.07) is 11.5. The van der Waals surface area contributed by atoms with Gasteiger partial charge in [0.2, 0.25) is 0 Å². The average Bonchev–Trinajstić information content (AvgIpc) is 2.41. The number of hydrogen-bond donors (Lipinski definition) is 1. The summed E-state index contributed by atoms with van der Waals surface area (Å²) in [4.78, 5) is 2.65. The average molecular weight is 246 g/mol. The van der Waals surface area contributed by atoms with Crippen LogP contribution in [-0.2, 0) is 0 Å². The number of piperazine rings is 1. The first-order valence-electron chi connectivity index (χ1n) is 7.22. The Balaban J connectivity index is 2.13. The van der Waals surface area contributed by atoms with E-state index in [0.29, 0.717) is 6.04 Å². The highest BCUT2D eigenvalue weighted by Gasteiger charge is 2.32. The molecule has 100 valence electrons. The summed E-state index contributed by atoms with van der Waals surface area (Å²) >= 11 is 0. The van der Waals surface area contributed by atoms with E-state index in [2.05, 4.69) is 61.3 Å². The molecule has 1 N–H and O–H groups in total. The molecule has 0 saturated carbocycles. The van der Waals surface area contributed by atoms with E-state index in [-0.39, 0.29) is 5.54 Å². The Kier molecular flexibility index (Phi) is 4.41. The van der Waals surface area contributed by atoms with Gasteiger partial charge in [-0.15, -0.1) is 0 Å². The lowest BCUT2D eigenvalue weighted by molar-refractivity contribution is 0.0952. The normalized spacial score (nSPS) is 27.1. The van der Waals surface area contributed by atoms with E-state index < -0.39 is 0 Å². The third kappa shape index (κ3) is 2.93. The molecular formula is C16H26N2. The molecule has 1 aromatic carbocycles. The van der Waals surface area contributed by atoms with E-state index in [1.165, 1.54) is 18.4 Å². The van der Waals surface area contributed by atoms with Crippen molar-refractivity contribution in [3.8, 4) is 0 Å². The highest BCUT2D eigenvalue weighted by Crippen LogP contribution is 2.28. The molecule has 2 nitrogen and oxygen atoms in total. The lowest BCUT2D eigenvalue weighted by atomic mass is 9.93. The molecule has 18 heavy (non-hydrogen) atoms. The lowest BCUT2D eigenvalue weighted by Crippen LogP contribution is -2.58. The number of rotatable bonds is 4. The summed E-state index contributed by atoms with van der Waals surface area (Å²) in [6.45, 7) is 10.3. The standard InChI is InChI=1S/C16H26N2/c1-4-15(14-9-7-6-8-10-14)18-12-11-17-16(3,5-2)13-18/h6-10,15,17H,4-5,11-13H2,1-3H3. The molecule has 1 saturated heterocycles. The van der Waals surface area contributed by atoms with Crippen LogP contribution in [0.15, 0.2) is 30.3 Å². The number of nitrogens with zero attached hydrogens (tertiary/aromatic N) is 1. The fourth-order valence-corrected chi connectivity index (χ4v) is 2.97. The Morgan fingerprint density at radius 2 is 2.00 bits per heavy atom. The van der Waals surface area contributed by atoms with Gasteiger partial charge in [0.1, 0.15) is 0 Å². The third-order valence-corrected chi connectivity index (χ3v) is 4.30. The molecular weight excluding hydrogens is 220 g/mol. The van der Waals surface area contributed by atoms with Crippen LogP contribution < -0.4 is 5.32 Å². The minimum absolute atomic E-state index is 0.278. The minimum Gasteiger partial charge on any atom is -0.309 e. The largest absolute Gasteiger partial charge is 0.309 e. The van der Waals surface area contributed by atoms with Gasteiger partial charge in [-0.3, -0.25) is 4.90 Å². The molecule has 2 rings (SSSR count). The Bertz CT molecular complexity index is 363. The van der Waals surface area contributed by atoms with Gasteiger partial charge in [0.25, 0.3) is 0 Å². The number of hydrogen-bond acceptors (Lipinski definition) is 2. The fraction of sp³-hybridized carbons (Fsp3) is 0.625. The van der Waals surface area contributed by atoms with Crippen LogP contribution in [0.4, 0.5) is 0 Å². The summed E-state index contributed by atoms with van der Waals surface area (Å²) in [5.41, 5.74) is 1.74. The number of nitrogens with one attached hydrogen (secondary N) is 1. The van der Waals surface area contributed by atoms with Crippen molar-refractivity contribution < 1.29 is 0 Å². The van der Waals surface area contributed by atoms with Crippen molar-refractivity contribution in [2.45, 2.75) is 45.2 Å². The predicted molar refractivity (Wildman–Crippen MR) is 77.7 cm³/mol. The van der Waals surface area contributed by atoms with E-state index >= 15 is 0 Å². The third-order valence-electron chi connectivity index (χ3n) is 4.30. The van der Waals surface area contributed by atoms with Crippen LogP contribution >= 0.6 is 0 Å². The van der Waals surface area contributed by atoms with Crippen molar-refractivity contribution in [2.75, 3.05) is 19.6 Å². The van der Waals surface area contributed by atoms with Crippen molar-refractivity contribution in [3.63, 3.8) is 0 Å². The highest BCUT2D eigenvalue weighted by atomic mass is 15.2. The molecule has 1 fully saturated rings. The Labute approximate surface area is 111 Å². The van der Waals surface area contributed by atoms with Crippen LogP contribution in [0.3, 0.4) is 0 Å². The van der Waals surface area contributed by atoms with Crippen LogP contribution in [0.25, 0.3) is 0 Å². The van der Waals surface area contributed by atoms with Crippen molar-refractivity contribution in [1.29, 1.82) is 0 Å². The molecule has 1 aromatic rings. The van der Waals surface area contributed by atoms with Crippen molar-refractivity contribution in [1.82, 2.24) is 10.2 Å². The van der Waals surface area contributed by atoms with Gasteiger partial charge in [0, 0.05) is 31.2 Å². The van der Waals surface area contributed by atoms with E-state index in [4.69, 9.17) is 0 Å². The molecule has 2 atom stereocenters. The van der Waals surface area contributed by atoms with Crippen LogP contribution in [0.5, 0.6) is 0 Å². The summed E-state index contributed by atoms with van der Waals surface area (Å²) < 4.78 is 0. The topological polar surface area (TPSA) is 15.3 Å². The van der Waals surface area contributed by atoms with Crippen molar-refractivity contribution >= 4 is 0 Å². The van der Waals surface area contributed by atoms with Gasteiger partial charge in [-0.1, -0.05) is 44.2 Å². The quantitative estimate of drug-likeness (QED) is 0.877. The van der Waals surface area contributed by atoms with Crippen molar-refractivity contribution in [3.05, 3.63) is 35.9 Å². The molecule has 0 radical (unpaired) electrons. The molecule has 2 heteroatoms. The van der Waals surface area contributed by atoms with Gasteiger partial charge in [0.05, 0.1) is 0 Å². The predicted octanol–water partition coefficient (Wildman–Crippen LogP) is 3.21. The Morgan fingerprint density at radius 1 is 1.28 bits per heavy atom. The minimum atomic E-state index is 0.278. The first-order valence-corrected chi connectivity index (χ1v) is 7.22. The van der Waals surface area contributed by atoms with E-state index in [1.807, 2.05) is 0 Å². The van der Waals surface area contributed by atoms with E-state index in [0.717, 1.165) is 19.6 Å². The fourth-order valence-electron chi connectivity index (χ4n) is 2.97. The maximum atomic E-state index is 3.66. The second-order valence-corrected chi connectivity index (χ2v) is 5.65. The van der Waals surface area contributed by atoms with Crippen molar-refractivity contribution in [2.24, 2.45) is 0 Å². The van der Waals surface area contributed by atoms with Gasteiger partial charge in [0.15, 0.2) is 0 Å². The zero-order valence-electron chi connectivity index (χ0n) is 11.9. The number of benzene rings is 1. The Morgan fingerprint density at radius 3 is 2.61 bits per heavy atom. The second kappa shape index (κ2) is 5.85. The van der Waals surface area contributed by atoms with Crippen LogP contribution in [0, 0.1) is 0 Å². The molecule has 0 bridgehead atoms. The zero-order valence-corrected chi connectivity index (χ0v) is 11.9. The van der Waals surface area contributed by atoms with Crippen LogP contribution in [0.1, 0.15) is 45.2 Å². The van der Waals surface area contributed by atoms with Gasteiger partial charge >= 0.3 is 0 Å². The smallest absolute Gasteiger partial charge is 0.0346 e. The van der Waals surface area contributed by atoms with Gasteiger partial charge in [-0.2, -0.15) is 0 Å². The highest BCUT2D eigenvalue weighted by molar-refractivity contribution is 5.19. The van der Waals surface area contributed by atoms with Gasteiger partial charge in [-0.05, 0) is 25.3 Å². The first kappa shape index (κ1) is 13.6. The molecule has 1 heterocycles. The maximum Gasteiger partial charge on any atom is 0.0346 e. The lowest BCUT2D eigenvalue weighted by Gasteiger charge is -2.44. The van der Waals surface area contributed by atoms with E-state index in [9.17, 15) is 0 Å². The molecule has 0 aliphatic carbocycles. The summed E-state index contributed by atoms with van der Waals surface area (Å²) in [5.74, 6) is 0. The molecule has 1 aliphatic rings. The molecule has 2 unspecified atom stereocenters. The zero-order chi connectivity index (χ0) is 13.0. The van der Waals surface area contributed by atoms with E-state index in [1.54, 1.807) is 0 Å². The molecule has 0 amide bonds. The maximum absolute atomic E-state index is 3.66. The Hall–Kier alpha value is -0.860. The monoisotopic (exact) mass is 246 g/mol. The summed E-state index contributed by atoms with van der Waals surface area (Å²) in [7, 11) is 0. The molecule has 0 spiro atoms. The molecule has 1 aliphatic heterocycles. The van der Waals surface area contributed by atoms with Crippen LogP contribution in [-0.4, -0.2) is 30.1 Å². The molecule has 0 aromatic heterocycles. The summed E-state index contributed by atoms with van der Waals surface area (Å²) in [6.07, 6.45) is 2.37. The SMILES string of the molecule is CCC(c1ccccc1)N1CCNC(C)(CC)C1. The second-order valence-electron chi connectivity index (χ2n) is 5.65.